The van der Waals surface area contributed by atoms with E-state index < -0.39 is 0 Å². The van der Waals surface area contributed by atoms with E-state index >= 15 is 0 Å². The normalized spacial score (nSPS) is 11.1. The Hall–Kier alpha value is -1.84. The first-order valence-corrected chi connectivity index (χ1v) is 5.67. The summed E-state index contributed by atoms with van der Waals surface area (Å²) in [6.45, 7) is 4.20. The molecule has 0 aliphatic rings. The zero-order valence-corrected chi connectivity index (χ0v) is 10.00. The van der Waals surface area contributed by atoms with Gasteiger partial charge in [-0.2, -0.15) is 5.10 Å². The highest BCUT2D eigenvalue weighted by atomic mass is 19.1. The Morgan fingerprint density at radius 1 is 1.35 bits per heavy atom. The van der Waals surface area contributed by atoms with Crippen molar-refractivity contribution in [2.75, 3.05) is 5.73 Å². The van der Waals surface area contributed by atoms with E-state index in [0.29, 0.717) is 22.9 Å². The van der Waals surface area contributed by atoms with Gasteiger partial charge in [0.05, 0.1) is 0 Å². The zero-order chi connectivity index (χ0) is 12.4. The van der Waals surface area contributed by atoms with Gasteiger partial charge in [0, 0.05) is 16.8 Å². The Kier molecular flexibility index (Phi) is 3.13. The average molecular weight is 233 g/mol. The maximum absolute atomic E-state index is 13.8. The molecule has 0 saturated carbocycles. The predicted molar refractivity (Wildman–Crippen MR) is 66.9 cm³/mol. The SMILES string of the molecule is CC(C)Cc1[nH]nc(N)c1-c1ccccc1F. The van der Waals surface area contributed by atoms with Gasteiger partial charge in [-0.1, -0.05) is 32.0 Å². The zero-order valence-electron chi connectivity index (χ0n) is 10.00. The van der Waals surface area contributed by atoms with Crippen molar-refractivity contribution in [3.63, 3.8) is 0 Å². The van der Waals surface area contributed by atoms with Gasteiger partial charge >= 0.3 is 0 Å². The maximum atomic E-state index is 13.8. The number of nitrogens with one attached hydrogen (secondary N) is 1. The predicted octanol–water partition coefficient (Wildman–Crippen LogP) is 3.00. The lowest BCUT2D eigenvalue weighted by atomic mass is 9.99. The van der Waals surface area contributed by atoms with Crippen molar-refractivity contribution in [2.45, 2.75) is 20.3 Å². The molecule has 17 heavy (non-hydrogen) atoms. The second kappa shape index (κ2) is 4.57. The van der Waals surface area contributed by atoms with E-state index in [0.717, 1.165) is 12.1 Å². The fraction of sp³-hybridized carbons (Fsp3) is 0.308. The lowest BCUT2D eigenvalue weighted by Crippen LogP contribution is -1.98. The summed E-state index contributed by atoms with van der Waals surface area (Å²) in [5.41, 5.74) is 7.90. The van der Waals surface area contributed by atoms with Gasteiger partial charge in [-0.15, -0.1) is 0 Å². The van der Waals surface area contributed by atoms with Crippen LogP contribution >= 0.6 is 0 Å². The van der Waals surface area contributed by atoms with E-state index in [2.05, 4.69) is 24.0 Å². The highest BCUT2D eigenvalue weighted by Gasteiger charge is 2.16. The molecule has 0 saturated heterocycles. The Balaban J connectivity index is 2.51. The number of nitrogens with two attached hydrogens (primary N) is 1. The molecule has 3 N–H and O–H groups in total. The van der Waals surface area contributed by atoms with Gasteiger partial charge in [0.2, 0.25) is 0 Å². The van der Waals surface area contributed by atoms with Crippen molar-refractivity contribution in [3.8, 4) is 11.1 Å². The highest BCUT2D eigenvalue weighted by Crippen LogP contribution is 2.31. The molecule has 90 valence electrons. The van der Waals surface area contributed by atoms with Gasteiger partial charge in [0.25, 0.3) is 0 Å². The molecule has 0 aliphatic carbocycles. The average Bonchev–Trinajstić information content (AvgIpc) is 2.60. The van der Waals surface area contributed by atoms with E-state index in [-0.39, 0.29) is 5.82 Å². The molecule has 4 heteroatoms. The highest BCUT2D eigenvalue weighted by molar-refractivity contribution is 5.76. The lowest BCUT2D eigenvalue weighted by Gasteiger charge is -2.07. The van der Waals surface area contributed by atoms with Crippen LogP contribution in [0, 0.1) is 11.7 Å². The molecular formula is C13H16FN3. The second-order valence-electron chi connectivity index (χ2n) is 4.54. The summed E-state index contributed by atoms with van der Waals surface area (Å²) in [5, 5.41) is 6.86. The summed E-state index contributed by atoms with van der Waals surface area (Å²) in [7, 11) is 0. The summed E-state index contributed by atoms with van der Waals surface area (Å²) in [6.07, 6.45) is 0.799. The fourth-order valence-corrected chi connectivity index (χ4v) is 1.91. The minimum atomic E-state index is -0.273. The first-order chi connectivity index (χ1) is 8.09. The van der Waals surface area contributed by atoms with E-state index in [1.54, 1.807) is 18.2 Å². The summed E-state index contributed by atoms with van der Waals surface area (Å²) in [4.78, 5) is 0. The number of H-pyrrole nitrogens is 1. The fourth-order valence-electron chi connectivity index (χ4n) is 1.91. The minimum Gasteiger partial charge on any atom is -0.382 e. The second-order valence-corrected chi connectivity index (χ2v) is 4.54. The third kappa shape index (κ3) is 2.30. The van der Waals surface area contributed by atoms with Crippen LogP contribution in [-0.2, 0) is 6.42 Å². The molecule has 0 bridgehead atoms. The van der Waals surface area contributed by atoms with Crippen LogP contribution in [0.5, 0.6) is 0 Å². The van der Waals surface area contributed by atoms with Crippen molar-refractivity contribution in [1.82, 2.24) is 10.2 Å². The number of aromatic nitrogens is 2. The van der Waals surface area contributed by atoms with Crippen LogP contribution in [-0.4, -0.2) is 10.2 Å². The first-order valence-electron chi connectivity index (χ1n) is 5.67. The smallest absolute Gasteiger partial charge is 0.153 e. The van der Waals surface area contributed by atoms with Crippen molar-refractivity contribution < 1.29 is 4.39 Å². The Morgan fingerprint density at radius 3 is 2.71 bits per heavy atom. The van der Waals surface area contributed by atoms with E-state index in [9.17, 15) is 4.39 Å². The van der Waals surface area contributed by atoms with Crippen molar-refractivity contribution >= 4 is 5.82 Å². The summed E-state index contributed by atoms with van der Waals surface area (Å²) in [5.74, 6) is 0.539. The van der Waals surface area contributed by atoms with Crippen LogP contribution in [0.3, 0.4) is 0 Å². The number of anilines is 1. The molecule has 0 amide bonds. The van der Waals surface area contributed by atoms with Crippen LogP contribution in [0.15, 0.2) is 24.3 Å². The topological polar surface area (TPSA) is 54.7 Å². The number of nitrogen functional groups attached to an aromatic ring is 1. The molecule has 0 radical (unpaired) electrons. The van der Waals surface area contributed by atoms with E-state index in [4.69, 9.17) is 5.73 Å². The number of hydrogen-bond donors (Lipinski definition) is 2. The van der Waals surface area contributed by atoms with Crippen LogP contribution in [0.4, 0.5) is 10.2 Å². The molecule has 0 unspecified atom stereocenters. The third-order valence-electron chi connectivity index (χ3n) is 2.62. The molecule has 2 rings (SSSR count). The quantitative estimate of drug-likeness (QED) is 0.856. The van der Waals surface area contributed by atoms with Crippen molar-refractivity contribution in [3.05, 3.63) is 35.8 Å². The standard InChI is InChI=1S/C13H16FN3/c1-8(2)7-11-12(13(15)17-16-11)9-5-3-4-6-10(9)14/h3-6,8H,7H2,1-2H3,(H3,15,16,17). The molecule has 2 aromatic rings. The summed E-state index contributed by atoms with van der Waals surface area (Å²) in [6, 6.07) is 6.61. The summed E-state index contributed by atoms with van der Waals surface area (Å²) < 4.78 is 13.8. The van der Waals surface area contributed by atoms with Gasteiger partial charge in [0.15, 0.2) is 5.82 Å². The molecule has 0 fully saturated rings. The van der Waals surface area contributed by atoms with Crippen LogP contribution in [0.1, 0.15) is 19.5 Å². The molecular weight excluding hydrogens is 217 g/mol. The Labute approximate surface area is 99.9 Å². The molecule has 1 heterocycles. The van der Waals surface area contributed by atoms with Crippen LogP contribution in [0.25, 0.3) is 11.1 Å². The summed E-state index contributed by atoms with van der Waals surface area (Å²) >= 11 is 0. The van der Waals surface area contributed by atoms with Crippen LogP contribution in [0.2, 0.25) is 0 Å². The van der Waals surface area contributed by atoms with Gasteiger partial charge < -0.3 is 5.73 Å². The maximum Gasteiger partial charge on any atom is 0.153 e. The van der Waals surface area contributed by atoms with E-state index in [1.165, 1.54) is 6.07 Å². The molecule has 1 aromatic carbocycles. The third-order valence-corrected chi connectivity index (χ3v) is 2.62. The Morgan fingerprint density at radius 2 is 2.06 bits per heavy atom. The molecule has 1 aromatic heterocycles. The number of benzene rings is 1. The monoisotopic (exact) mass is 233 g/mol. The lowest BCUT2D eigenvalue weighted by molar-refractivity contribution is 0.625. The Bertz CT molecular complexity index is 517. The first kappa shape index (κ1) is 11.6. The molecule has 0 aliphatic heterocycles. The largest absolute Gasteiger partial charge is 0.382 e. The van der Waals surface area contributed by atoms with Gasteiger partial charge in [-0.3, -0.25) is 5.10 Å². The van der Waals surface area contributed by atoms with E-state index in [1.807, 2.05) is 0 Å². The van der Waals surface area contributed by atoms with Crippen molar-refractivity contribution in [2.24, 2.45) is 5.92 Å². The molecule has 0 spiro atoms. The number of hydrogen-bond acceptors (Lipinski definition) is 2. The van der Waals surface area contributed by atoms with Gasteiger partial charge in [-0.25, -0.2) is 4.39 Å². The molecule has 3 nitrogen and oxygen atoms in total. The van der Waals surface area contributed by atoms with Gasteiger partial charge in [-0.05, 0) is 18.4 Å². The number of aromatic amines is 1. The van der Waals surface area contributed by atoms with Crippen LogP contribution < -0.4 is 5.73 Å². The number of rotatable bonds is 3. The number of nitrogens with zero attached hydrogens (tertiary/aromatic N) is 1. The van der Waals surface area contributed by atoms with Gasteiger partial charge in [0.1, 0.15) is 5.82 Å². The molecule has 0 atom stereocenters. The van der Waals surface area contributed by atoms with Crippen molar-refractivity contribution in [1.29, 1.82) is 0 Å². The minimum absolute atomic E-state index is 0.273. The number of halogens is 1.